The van der Waals surface area contributed by atoms with Crippen molar-refractivity contribution in [1.82, 2.24) is 0 Å². The summed E-state index contributed by atoms with van der Waals surface area (Å²) in [5.41, 5.74) is 5.22. The summed E-state index contributed by atoms with van der Waals surface area (Å²) in [5, 5.41) is 0. The maximum absolute atomic E-state index is 12.7. The third kappa shape index (κ3) is 2.70. The standard InChI is InChI=1S/C8H7BrF3N/c9-5-1-4(2-6(10)3-5)7(13)8(11)12/h1-3,7-8H,13H2/t7-/m1/s1. The first kappa shape index (κ1) is 10.5. The maximum Gasteiger partial charge on any atom is 0.257 e. The number of hydrogen-bond acceptors (Lipinski definition) is 1. The highest BCUT2D eigenvalue weighted by Gasteiger charge is 2.18. The fraction of sp³-hybridized carbons (Fsp3) is 0.250. The van der Waals surface area contributed by atoms with Gasteiger partial charge in [0.05, 0.1) is 6.04 Å². The molecule has 1 atom stereocenters. The van der Waals surface area contributed by atoms with Gasteiger partial charge in [-0.3, -0.25) is 0 Å². The van der Waals surface area contributed by atoms with Gasteiger partial charge in [0.25, 0.3) is 6.43 Å². The van der Waals surface area contributed by atoms with Crippen LogP contribution in [0, 0.1) is 5.82 Å². The van der Waals surface area contributed by atoms with Crippen LogP contribution in [0.5, 0.6) is 0 Å². The van der Waals surface area contributed by atoms with Crippen molar-refractivity contribution in [2.75, 3.05) is 0 Å². The van der Waals surface area contributed by atoms with Gasteiger partial charge in [0, 0.05) is 4.47 Å². The summed E-state index contributed by atoms with van der Waals surface area (Å²) in [4.78, 5) is 0. The first-order chi connectivity index (χ1) is 6.00. The van der Waals surface area contributed by atoms with Crippen molar-refractivity contribution < 1.29 is 13.2 Å². The van der Waals surface area contributed by atoms with Crippen LogP contribution in [0.3, 0.4) is 0 Å². The lowest BCUT2D eigenvalue weighted by Gasteiger charge is -2.10. The molecule has 0 spiro atoms. The number of hydrogen-bond donors (Lipinski definition) is 1. The maximum atomic E-state index is 12.7. The molecule has 0 saturated heterocycles. The van der Waals surface area contributed by atoms with Crippen molar-refractivity contribution in [3.05, 3.63) is 34.1 Å². The highest BCUT2D eigenvalue weighted by Crippen LogP contribution is 2.22. The van der Waals surface area contributed by atoms with Gasteiger partial charge in [0.15, 0.2) is 0 Å². The Kier molecular flexibility index (Phi) is 3.33. The molecule has 0 radical (unpaired) electrons. The van der Waals surface area contributed by atoms with Gasteiger partial charge in [-0.2, -0.15) is 0 Å². The Labute approximate surface area is 81.9 Å². The Bertz CT molecular complexity index is 283. The van der Waals surface area contributed by atoms with Crippen LogP contribution in [0.2, 0.25) is 0 Å². The van der Waals surface area contributed by atoms with Crippen LogP contribution in [-0.4, -0.2) is 6.43 Å². The summed E-state index contributed by atoms with van der Waals surface area (Å²) in [5.74, 6) is -0.583. The first-order valence-electron chi connectivity index (χ1n) is 3.50. The Hall–Kier alpha value is -0.550. The Balaban J connectivity index is 3.01. The lowest BCUT2D eigenvalue weighted by Crippen LogP contribution is -2.18. The van der Waals surface area contributed by atoms with Crippen LogP contribution in [0.1, 0.15) is 11.6 Å². The lowest BCUT2D eigenvalue weighted by atomic mass is 10.1. The second-order valence-electron chi connectivity index (χ2n) is 2.56. The van der Waals surface area contributed by atoms with E-state index in [4.69, 9.17) is 5.73 Å². The monoisotopic (exact) mass is 253 g/mol. The average molecular weight is 254 g/mol. The fourth-order valence-corrected chi connectivity index (χ4v) is 1.40. The highest BCUT2D eigenvalue weighted by atomic mass is 79.9. The smallest absolute Gasteiger partial charge is 0.257 e. The molecule has 1 aromatic carbocycles. The number of alkyl halides is 2. The van der Waals surface area contributed by atoms with Gasteiger partial charge in [-0.25, -0.2) is 13.2 Å². The molecule has 72 valence electrons. The molecule has 1 rings (SSSR count). The SMILES string of the molecule is N[C@H](c1cc(F)cc(Br)c1)C(F)F. The van der Waals surface area contributed by atoms with Gasteiger partial charge in [-0.15, -0.1) is 0 Å². The van der Waals surface area contributed by atoms with Gasteiger partial charge < -0.3 is 5.73 Å². The van der Waals surface area contributed by atoms with E-state index in [1.54, 1.807) is 0 Å². The third-order valence-electron chi connectivity index (χ3n) is 1.54. The summed E-state index contributed by atoms with van der Waals surface area (Å²) >= 11 is 2.99. The Morgan fingerprint density at radius 3 is 2.31 bits per heavy atom. The number of nitrogens with two attached hydrogens (primary N) is 1. The van der Waals surface area contributed by atoms with Gasteiger partial charge in [0.2, 0.25) is 0 Å². The predicted octanol–water partition coefficient (Wildman–Crippen LogP) is 2.85. The molecule has 5 heteroatoms. The number of benzene rings is 1. The molecule has 0 heterocycles. The quantitative estimate of drug-likeness (QED) is 0.862. The van der Waals surface area contributed by atoms with E-state index in [9.17, 15) is 13.2 Å². The topological polar surface area (TPSA) is 26.0 Å². The van der Waals surface area contributed by atoms with E-state index in [1.807, 2.05) is 0 Å². The third-order valence-corrected chi connectivity index (χ3v) is 2.00. The minimum absolute atomic E-state index is 0.0851. The van der Waals surface area contributed by atoms with E-state index in [0.717, 1.165) is 6.07 Å². The van der Waals surface area contributed by atoms with Crippen molar-refractivity contribution in [1.29, 1.82) is 0 Å². The normalized spacial score (nSPS) is 13.4. The minimum atomic E-state index is -2.69. The molecule has 0 saturated carbocycles. The second kappa shape index (κ2) is 4.11. The van der Waals surface area contributed by atoms with Crippen molar-refractivity contribution in [2.24, 2.45) is 5.73 Å². The molecular formula is C8H7BrF3N. The highest BCUT2D eigenvalue weighted by molar-refractivity contribution is 9.10. The molecular weight excluding hydrogens is 247 g/mol. The molecule has 0 bridgehead atoms. The minimum Gasteiger partial charge on any atom is -0.319 e. The molecule has 13 heavy (non-hydrogen) atoms. The predicted molar refractivity (Wildman–Crippen MR) is 47.0 cm³/mol. The van der Waals surface area contributed by atoms with Crippen LogP contribution in [-0.2, 0) is 0 Å². The van der Waals surface area contributed by atoms with E-state index in [0.29, 0.717) is 4.47 Å². The van der Waals surface area contributed by atoms with E-state index in [1.165, 1.54) is 12.1 Å². The van der Waals surface area contributed by atoms with E-state index in [2.05, 4.69) is 15.9 Å². The van der Waals surface area contributed by atoms with Crippen molar-refractivity contribution in [3.8, 4) is 0 Å². The molecule has 1 aromatic rings. The molecule has 0 amide bonds. The van der Waals surface area contributed by atoms with Crippen molar-refractivity contribution >= 4 is 15.9 Å². The van der Waals surface area contributed by atoms with Crippen LogP contribution >= 0.6 is 15.9 Å². The van der Waals surface area contributed by atoms with Gasteiger partial charge in [-0.05, 0) is 23.8 Å². The first-order valence-corrected chi connectivity index (χ1v) is 4.29. The zero-order valence-corrected chi connectivity index (χ0v) is 8.06. The van der Waals surface area contributed by atoms with Gasteiger partial charge >= 0.3 is 0 Å². The number of rotatable bonds is 2. The summed E-state index contributed by atoms with van der Waals surface area (Å²) in [6, 6.07) is 2.12. The summed E-state index contributed by atoms with van der Waals surface area (Å²) in [7, 11) is 0. The lowest BCUT2D eigenvalue weighted by molar-refractivity contribution is 0.116. The average Bonchev–Trinajstić information content (AvgIpc) is 2.01. The van der Waals surface area contributed by atoms with Gasteiger partial charge in [0.1, 0.15) is 5.82 Å². The molecule has 2 N–H and O–H groups in total. The molecule has 1 nitrogen and oxygen atoms in total. The molecule has 0 aliphatic carbocycles. The van der Waals surface area contributed by atoms with Crippen LogP contribution in [0.25, 0.3) is 0 Å². The number of halogens is 4. The molecule has 0 aliphatic heterocycles. The Morgan fingerprint density at radius 1 is 1.23 bits per heavy atom. The summed E-state index contributed by atoms with van der Waals surface area (Å²) in [6.07, 6.45) is -2.69. The molecule has 0 unspecified atom stereocenters. The largest absolute Gasteiger partial charge is 0.319 e. The molecule has 0 aromatic heterocycles. The zero-order valence-electron chi connectivity index (χ0n) is 6.48. The van der Waals surface area contributed by atoms with Crippen LogP contribution in [0.15, 0.2) is 22.7 Å². The molecule has 0 fully saturated rings. The second-order valence-corrected chi connectivity index (χ2v) is 3.48. The van der Waals surface area contributed by atoms with Gasteiger partial charge in [-0.1, -0.05) is 15.9 Å². The van der Waals surface area contributed by atoms with E-state index >= 15 is 0 Å². The zero-order chi connectivity index (χ0) is 10.0. The van der Waals surface area contributed by atoms with E-state index in [-0.39, 0.29) is 5.56 Å². The summed E-state index contributed by atoms with van der Waals surface area (Å²) in [6.45, 7) is 0. The summed E-state index contributed by atoms with van der Waals surface area (Å²) < 4.78 is 37.4. The van der Waals surface area contributed by atoms with Crippen LogP contribution in [0.4, 0.5) is 13.2 Å². The van der Waals surface area contributed by atoms with Crippen molar-refractivity contribution in [3.63, 3.8) is 0 Å². The van der Waals surface area contributed by atoms with Crippen LogP contribution < -0.4 is 5.73 Å². The Morgan fingerprint density at radius 2 is 1.85 bits per heavy atom. The van der Waals surface area contributed by atoms with E-state index < -0.39 is 18.3 Å². The van der Waals surface area contributed by atoms with Crippen molar-refractivity contribution in [2.45, 2.75) is 12.5 Å². The molecule has 0 aliphatic rings. The fourth-order valence-electron chi connectivity index (χ4n) is 0.913.